The molecule has 2 aromatic rings. The summed E-state index contributed by atoms with van der Waals surface area (Å²) in [6.45, 7) is 5.42. The number of esters is 1. The summed E-state index contributed by atoms with van der Waals surface area (Å²) in [5.74, 6) is 0.0569. The lowest BCUT2D eigenvalue weighted by molar-refractivity contribution is -0.148. The first-order valence-corrected chi connectivity index (χ1v) is 13.8. The standard InChI is InChI=1S/C28H30N4O4S2/c1-4-36-27(35)20-11-13-31(14-12-20)24-21(18(2)22(17-29)25(33)30(24)3)16-23-26(34)32(28(37)38-23)15-10-19-8-6-5-7-9-19/h5-9,16,20H,4,10-15H2,1-3H3/b23-16-. The van der Waals surface area contributed by atoms with Gasteiger partial charge in [0.1, 0.15) is 21.8 Å². The number of ether oxygens (including phenoxy) is 1. The highest BCUT2D eigenvalue weighted by atomic mass is 32.2. The first kappa shape index (κ1) is 27.6. The van der Waals surface area contributed by atoms with Crippen molar-refractivity contribution in [3.63, 3.8) is 0 Å². The van der Waals surface area contributed by atoms with E-state index in [1.807, 2.05) is 41.3 Å². The minimum atomic E-state index is -0.389. The molecule has 0 unspecified atom stereocenters. The van der Waals surface area contributed by atoms with Crippen LogP contribution in [-0.2, 0) is 27.8 Å². The van der Waals surface area contributed by atoms with E-state index in [-0.39, 0.29) is 28.9 Å². The predicted octanol–water partition coefficient (Wildman–Crippen LogP) is 3.79. The van der Waals surface area contributed by atoms with Crippen molar-refractivity contribution < 1.29 is 14.3 Å². The normalized spacial score (nSPS) is 17.3. The van der Waals surface area contributed by atoms with Crippen molar-refractivity contribution in [1.82, 2.24) is 9.47 Å². The van der Waals surface area contributed by atoms with Crippen LogP contribution in [0.4, 0.5) is 5.82 Å². The van der Waals surface area contributed by atoms with E-state index < -0.39 is 0 Å². The molecular weight excluding hydrogens is 520 g/mol. The molecule has 2 fully saturated rings. The molecule has 1 aromatic carbocycles. The molecule has 0 radical (unpaired) electrons. The van der Waals surface area contributed by atoms with Crippen molar-refractivity contribution in [3.8, 4) is 6.07 Å². The fourth-order valence-electron chi connectivity index (χ4n) is 4.89. The first-order chi connectivity index (χ1) is 18.3. The van der Waals surface area contributed by atoms with E-state index in [0.29, 0.717) is 71.7 Å². The zero-order valence-electron chi connectivity index (χ0n) is 21.7. The van der Waals surface area contributed by atoms with Crippen molar-refractivity contribution in [2.45, 2.75) is 33.1 Å². The van der Waals surface area contributed by atoms with Crippen LogP contribution in [0.2, 0.25) is 0 Å². The number of benzene rings is 1. The maximum atomic E-state index is 13.4. The summed E-state index contributed by atoms with van der Waals surface area (Å²) in [4.78, 5) is 42.8. The Morgan fingerprint density at radius 1 is 1.24 bits per heavy atom. The minimum absolute atomic E-state index is 0.0449. The van der Waals surface area contributed by atoms with Gasteiger partial charge < -0.3 is 9.64 Å². The minimum Gasteiger partial charge on any atom is -0.466 e. The summed E-state index contributed by atoms with van der Waals surface area (Å²) in [6.07, 6.45) is 3.61. The second-order valence-corrected chi connectivity index (χ2v) is 11.0. The van der Waals surface area contributed by atoms with Gasteiger partial charge >= 0.3 is 5.97 Å². The number of anilines is 1. The summed E-state index contributed by atoms with van der Waals surface area (Å²) in [5.41, 5.74) is 1.93. The van der Waals surface area contributed by atoms with Gasteiger partial charge in [0.25, 0.3) is 11.5 Å². The molecule has 0 saturated carbocycles. The van der Waals surface area contributed by atoms with Crippen LogP contribution in [0.15, 0.2) is 40.0 Å². The third-order valence-corrected chi connectivity index (χ3v) is 8.38. The number of hydrogen-bond donors (Lipinski definition) is 0. The predicted molar refractivity (Wildman–Crippen MR) is 153 cm³/mol. The highest BCUT2D eigenvalue weighted by Gasteiger charge is 2.34. The van der Waals surface area contributed by atoms with Gasteiger partial charge in [-0.05, 0) is 50.3 Å². The Hall–Kier alpha value is -3.42. The lowest BCUT2D eigenvalue weighted by Gasteiger charge is -2.35. The van der Waals surface area contributed by atoms with Crippen LogP contribution in [0.25, 0.3) is 6.08 Å². The number of carbonyl (C=O) groups is 2. The largest absolute Gasteiger partial charge is 0.466 e. The molecular formula is C28H30N4O4S2. The molecule has 4 rings (SSSR count). The second-order valence-electron chi connectivity index (χ2n) is 9.30. The van der Waals surface area contributed by atoms with Gasteiger partial charge in [-0.3, -0.25) is 23.9 Å². The van der Waals surface area contributed by atoms with Gasteiger partial charge in [0.05, 0.1) is 17.4 Å². The average molecular weight is 551 g/mol. The number of thioether (sulfide) groups is 1. The van der Waals surface area contributed by atoms with Crippen molar-refractivity contribution in [2.75, 3.05) is 31.1 Å². The molecule has 0 bridgehead atoms. The Balaban J connectivity index is 1.66. The highest BCUT2D eigenvalue weighted by Crippen LogP contribution is 2.36. The number of hydrogen-bond acceptors (Lipinski definition) is 8. The first-order valence-electron chi connectivity index (χ1n) is 12.6. The second kappa shape index (κ2) is 12.0. The Morgan fingerprint density at radius 2 is 1.92 bits per heavy atom. The SMILES string of the molecule is CCOC(=O)C1CCN(c2c(/C=C3\SC(=S)N(CCc4ccccc4)C3=O)c(C)c(C#N)c(=O)n2C)CC1. The molecule has 0 atom stereocenters. The molecule has 1 amide bonds. The molecule has 10 heteroatoms. The van der Waals surface area contributed by atoms with E-state index in [4.69, 9.17) is 17.0 Å². The summed E-state index contributed by atoms with van der Waals surface area (Å²) in [5, 5.41) is 9.72. The van der Waals surface area contributed by atoms with E-state index in [1.165, 1.54) is 16.3 Å². The lowest BCUT2D eigenvalue weighted by atomic mass is 9.95. The third-order valence-electron chi connectivity index (χ3n) is 7.00. The van der Waals surface area contributed by atoms with E-state index >= 15 is 0 Å². The lowest BCUT2D eigenvalue weighted by Crippen LogP contribution is -2.40. The Morgan fingerprint density at radius 3 is 2.55 bits per heavy atom. The summed E-state index contributed by atoms with van der Waals surface area (Å²) in [7, 11) is 1.64. The van der Waals surface area contributed by atoms with Crippen LogP contribution >= 0.6 is 24.0 Å². The van der Waals surface area contributed by atoms with Crippen molar-refractivity contribution in [3.05, 3.63) is 67.8 Å². The maximum absolute atomic E-state index is 13.4. The molecule has 2 saturated heterocycles. The summed E-state index contributed by atoms with van der Waals surface area (Å²) >= 11 is 6.76. The van der Waals surface area contributed by atoms with Crippen LogP contribution in [0.3, 0.4) is 0 Å². The van der Waals surface area contributed by atoms with Gasteiger partial charge in [-0.1, -0.05) is 54.3 Å². The molecule has 8 nitrogen and oxygen atoms in total. The van der Waals surface area contributed by atoms with Gasteiger partial charge in [0.15, 0.2) is 0 Å². The highest BCUT2D eigenvalue weighted by molar-refractivity contribution is 8.26. The van der Waals surface area contributed by atoms with Gasteiger partial charge in [-0.25, -0.2) is 0 Å². The monoisotopic (exact) mass is 550 g/mol. The van der Waals surface area contributed by atoms with Crippen LogP contribution in [0.5, 0.6) is 0 Å². The van der Waals surface area contributed by atoms with Gasteiger partial charge in [-0.15, -0.1) is 0 Å². The van der Waals surface area contributed by atoms with Crippen molar-refractivity contribution in [1.29, 1.82) is 5.26 Å². The molecule has 0 spiro atoms. The Kier molecular flexibility index (Phi) is 8.69. The van der Waals surface area contributed by atoms with Crippen LogP contribution in [0.1, 0.15) is 42.0 Å². The number of carbonyl (C=O) groups excluding carboxylic acids is 2. The number of nitrogens with zero attached hydrogens (tertiary/aromatic N) is 4. The zero-order valence-corrected chi connectivity index (χ0v) is 23.4. The van der Waals surface area contributed by atoms with E-state index in [1.54, 1.807) is 31.9 Å². The third kappa shape index (κ3) is 5.54. The zero-order chi connectivity index (χ0) is 27.4. The fraction of sp³-hybridized carbons (Fsp3) is 0.393. The van der Waals surface area contributed by atoms with E-state index in [2.05, 4.69) is 0 Å². The summed E-state index contributed by atoms with van der Waals surface area (Å²) < 4.78 is 7.15. The number of thiocarbonyl (C=S) groups is 1. The smallest absolute Gasteiger partial charge is 0.309 e. The summed E-state index contributed by atoms with van der Waals surface area (Å²) in [6, 6.07) is 11.9. The molecule has 2 aliphatic rings. The van der Waals surface area contributed by atoms with Crippen molar-refractivity contribution >= 4 is 52.1 Å². The maximum Gasteiger partial charge on any atom is 0.309 e. The molecule has 0 N–H and O–H groups in total. The molecule has 198 valence electrons. The molecule has 3 heterocycles. The van der Waals surface area contributed by atoms with E-state index in [9.17, 15) is 19.6 Å². The molecule has 38 heavy (non-hydrogen) atoms. The van der Waals surface area contributed by atoms with Crippen LogP contribution in [-0.4, -0.2) is 51.9 Å². The molecule has 0 aliphatic carbocycles. The Labute approximate surface area is 231 Å². The number of piperidine rings is 1. The van der Waals surface area contributed by atoms with Crippen LogP contribution < -0.4 is 10.5 Å². The number of rotatable bonds is 7. The van der Waals surface area contributed by atoms with Crippen molar-refractivity contribution in [2.24, 2.45) is 13.0 Å². The quantitative estimate of drug-likeness (QED) is 0.292. The topological polar surface area (TPSA) is 95.6 Å². The number of pyridine rings is 1. The van der Waals surface area contributed by atoms with Crippen LogP contribution in [0, 0.1) is 24.2 Å². The average Bonchev–Trinajstić information content (AvgIpc) is 3.19. The fourth-order valence-corrected chi connectivity index (χ4v) is 6.18. The Bertz CT molecular complexity index is 1390. The van der Waals surface area contributed by atoms with Gasteiger partial charge in [0.2, 0.25) is 0 Å². The van der Waals surface area contributed by atoms with Gasteiger partial charge in [-0.2, -0.15) is 5.26 Å². The molecule has 2 aliphatic heterocycles. The number of nitriles is 1. The number of amides is 1. The van der Waals surface area contributed by atoms with Gasteiger partial charge in [0, 0.05) is 32.2 Å². The molecule has 1 aromatic heterocycles. The number of aromatic nitrogens is 1. The van der Waals surface area contributed by atoms with E-state index in [0.717, 1.165) is 5.56 Å².